The maximum atomic E-state index is 13.5. The SMILES string of the molecule is O=C(NCC(=O)N(Cc1cccs1)[C@H](C(=O)NC1CCCCC1)c1cccs1)c1ccco1. The molecular formula is C24H27N3O4S2. The molecule has 33 heavy (non-hydrogen) atoms. The van der Waals surface area contributed by atoms with Crippen LogP contribution in [0.3, 0.4) is 0 Å². The van der Waals surface area contributed by atoms with Crippen molar-refractivity contribution < 1.29 is 18.8 Å². The first kappa shape index (κ1) is 23.3. The summed E-state index contributed by atoms with van der Waals surface area (Å²) in [6.07, 6.45) is 6.72. The zero-order valence-corrected chi connectivity index (χ0v) is 19.8. The van der Waals surface area contributed by atoms with Gasteiger partial charge >= 0.3 is 0 Å². The molecule has 1 saturated carbocycles. The fourth-order valence-corrected chi connectivity index (χ4v) is 5.58. The molecule has 7 nitrogen and oxygen atoms in total. The molecule has 0 spiro atoms. The van der Waals surface area contributed by atoms with E-state index in [2.05, 4.69) is 10.6 Å². The van der Waals surface area contributed by atoms with Crippen molar-refractivity contribution in [1.29, 1.82) is 0 Å². The van der Waals surface area contributed by atoms with E-state index in [1.165, 1.54) is 41.4 Å². The van der Waals surface area contributed by atoms with Gasteiger partial charge in [0.05, 0.1) is 19.4 Å². The predicted octanol–water partition coefficient (Wildman–Crippen LogP) is 4.35. The van der Waals surface area contributed by atoms with Crippen LogP contribution in [-0.2, 0) is 16.1 Å². The number of amides is 3. The number of hydrogen-bond donors (Lipinski definition) is 2. The van der Waals surface area contributed by atoms with Gasteiger partial charge in [-0.2, -0.15) is 0 Å². The van der Waals surface area contributed by atoms with E-state index in [1.807, 2.05) is 35.0 Å². The first-order valence-electron chi connectivity index (χ1n) is 11.1. The topological polar surface area (TPSA) is 91.7 Å². The van der Waals surface area contributed by atoms with Crippen LogP contribution in [0.15, 0.2) is 57.8 Å². The molecule has 0 bridgehead atoms. The Labute approximate surface area is 200 Å². The maximum Gasteiger partial charge on any atom is 0.287 e. The fraction of sp³-hybridized carbons (Fsp3) is 0.375. The summed E-state index contributed by atoms with van der Waals surface area (Å²) < 4.78 is 5.10. The third-order valence-corrected chi connectivity index (χ3v) is 7.48. The van der Waals surface area contributed by atoms with Gasteiger partial charge in [-0.1, -0.05) is 31.4 Å². The molecular weight excluding hydrogens is 458 g/mol. The summed E-state index contributed by atoms with van der Waals surface area (Å²) in [5.74, 6) is -0.840. The Morgan fingerprint density at radius 2 is 1.82 bits per heavy atom. The van der Waals surface area contributed by atoms with Crippen molar-refractivity contribution >= 4 is 40.4 Å². The molecule has 0 aliphatic heterocycles. The van der Waals surface area contributed by atoms with E-state index in [1.54, 1.807) is 11.0 Å². The Morgan fingerprint density at radius 3 is 2.48 bits per heavy atom. The number of rotatable bonds is 9. The Bertz CT molecular complexity index is 1030. The second-order valence-electron chi connectivity index (χ2n) is 8.02. The molecule has 3 heterocycles. The molecule has 1 aliphatic rings. The van der Waals surface area contributed by atoms with E-state index >= 15 is 0 Å². The maximum absolute atomic E-state index is 13.5. The third-order valence-electron chi connectivity index (χ3n) is 5.70. The molecule has 2 N–H and O–H groups in total. The highest BCUT2D eigenvalue weighted by Crippen LogP contribution is 2.29. The van der Waals surface area contributed by atoms with Crippen LogP contribution >= 0.6 is 22.7 Å². The van der Waals surface area contributed by atoms with Gasteiger partial charge < -0.3 is 20.0 Å². The lowest BCUT2D eigenvalue weighted by atomic mass is 9.95. The fourth-order valence-electron chi connectivity index (χ4n) is 4.04. The molecule has 3 aromatic heterocycles. The minimum atomic E-state index is -0.762. The van der Waals surface area contributed by atoms with Gasteiger partial charge in [0.2, 0.25) is 11.8 Å². The summed E-state index contributed by atoms with van der Waals surface area (Å²) in [5, 5.41) is 9.65. The van der Waals surface area contributed by atoms with Crippen molar-refractivity contribution in [2.75, 3.05) is 6.54 Å². The largest absolute Gasteiger partial charge is 0.459 e. The van der Waals surface area contributed by atoms with Gasteiger partial charge in [0.1, 0.15) is 6.04 Å². The number of thiophene rings is 2. The van der Waals surface area contributed by atoms with Crippen molar-refractivity contribution in [3.05, 3.63) is 68.9 Å². The molecule has 3 amide bonds. The zero-order chi connectivity index (χ0) is 23.0. The standard InChI is InChI=1S/C24H27N3O4S2/c28-21(15-25-23(29)19-10-4-12-31-19)27(16-18-9-5-13-32-18)22(20-11-6-14-33-20)24(30)26-17-7-2-1-3-8-17/h4-6,9-14,17,22H,1-3,7-8,15-16H2,(H,25,29)(H,26,30)/t22-/m0/s1. The molecule has 1 fully saturated rings. The van der Waals surface area contributed by atoms with E-state index in [4.69, 9.17) is 4.42 Å². The van der Waals surface area contributed by atoms with Crippen LogP contribution in [-0.4, -0.2) is 35.2 Å². The number of carbonyl (C=O) groups excluding carboxylic acids is 3. The molecule has 0 saturated heterocycles. The summed E-state index contributed by atoms with van der Waals surface area (Å²) in [4.78, 5) is 42.5. The van der Waals surface area contributed by atoms with Crippen molar-refractivity contribution in [1.82, 2.24) is 15.5 Å². The molecule has 1 atom stereocenters. The number of hydrogen-bond acceptors (Lipinski definition) is 6. The lowest BCUT2D eigenvalue weighted by Gasteiger charge is -2.32. The van der Waals surface area contributed by atoms with Crippen molar-refractivity contribution in [2.45, 2.75) is 50.7 Å². The Morgan fingerprint density at radius 1 is 1.03 bits per heavy atom. The molecule has 0 aromatic carbocycles. The molecule has 4 rings (SSSR count). The van der Waals surface area contributed by atoms with Crippen LogP contribution in [0, 0.1) is 0 Å². The number of carbonyl (C=O) groups is 3. The number of nitrogens with zero attached hydrogens (tertiary/aromatic N) is 1. The summed E-state index contributed by atoms with van der Waals surface area (Å²) in [7, 11) is 0. The van der Waals surface area contributed by atoms with E-state index < -0.39 is 11.9 Å². The second kappa shape index (κ2) is 11.3. The van der Waals surface area contributed by atoms with Crippen LogP contribution in [0.5, 0.6) is 0 Å². The molecule has 0 unspecified atom stereocenters. The minimum absolute atomic E-state index is 0.131. The molecule has 0 radical (unpaired) electrons. The summed E-state index contributed by atoms with van der Waals surface area (Å²) in [5.41, 5.74) is 0. The highest BCUT2D eigenvalue weighted by molar-refractivity contribution is 7.10. The van der Waals surface area contributed by atoms with Crippen LogP contribution in [0.25, 0.3) is 0 Å². The van der Waals surface area contributed by atoms with Gasteiger partial charge in [0.25, 0.3) is 5.91 Å². The average molecular weight is 486 g/mol. The van der Waals surface area contributed by atoms with E-state index in [0.29, 0.717) is 0 Å². The van der Waals surface area contributed by atoms with Crippen LogP contribution in [0.2, 0.25) is 0 Å². The smallest absolute Gasteiger partial charge is 0.287 e. The van der Waals surface area contributed by atoms with Crippen LogP contribution < -0.4 is 10.6 Å². The predicted molar refractivity (Wildman–Crippen MR) is 128 cm³/mol. The van der Waals surface area contributed by atoms with Crippen LogP contribution in [0.1, 0.15) is 58.5 Å². The summed E-state index contributed by atoms with van der Waals surface area (Å²) >= 11 is 2.98. The lowest BCUT2D eigenvalue weighted by Crippen LogP contribution is -2.48. The van der Waals surface area contributed by atoms with Gasteiger partial charge in [-0.25, -0.2) is 0 Å². The number of furan rings is 1. The molecule has 9 heteroatoms. The second-order valence-corrected chi connectivity index (χ2v) is 10.0. The van der Waals surface area contributed by atoms with Gasteiger partial charge in [0.15, 0.2) is 5.76 Å². The Balaban J connectivity index is 1.55. The molecule has 3 aromatic rings. The van der Waals surface area contributed by atoms with Gasteiger partial charge in [-0.15, -0.1) is 22.7 Å². The monoisotopic (exact) mass is 485 g/mol. The van der Waals surface area contributed by atoms with Crippen molar-refractivity contribution in [3.63, 3.8) is 0 Å². The highest BCUT2D eigenvalue weighted by atomic mass is 32.1. The lowest BCUT2D eigenvalue weighted by molar-refractivity contribution is -0.141. The first-order chi connectivity index (χ1) is 16.1. The summed E-state index contributed by atoms with van der Waals surface area (Å²) in [6, 6.07) is 10.1. The van der Waals surface area contributed by atoms with Crippen molar-refractivity contribution in [3.8, 4) is 0 Å². The Hall–Kier alpha value is -2.91. The van der Waals surface area contributed by atoms with Gasteiger partial charge in [-0.3, -0.25) is 14.4 Å². The Kier molecular flexibility index (Phi) is 7.96. The first-order valence-corrected chi connectivity index (χ1v) is 12.8. The highest BCUT2D eigenvalue weighted by Gasteiger charge is 2.34. The quantitative estimate of drug-likeness (QED) is 0.471. The minimum Gasteiger partial charge on any atom is -0.459 e. The van der Waals surface area contributed by atoms with Gasteiger partial charge in [-0.05, 0) is 47.9 Å². The normalized spacial score (nSPS) is 15.0. The van der Waals surface area contributed by atoms with Crippen LogP contribution in [0.4, 0.5) is 0 Å². The van der Waals surface area contributed by atoms with Crippen molar-refractivity contribution in [2.24, 2.45) is 0 Å². The van der Waals surface area contributed by atoms with E-state index in [-0.39, 0.29) is 36.7 Å². The number of nitrogens with one attached hydrogen (secondary N) is 2. The zero-order valence-electron chi connectivity index (χ0n) is 18.2. The third kappa shape index (κ3) is 6.11. The average Bonchev–Trinajstić information content (AvgIpc) is 3.61. The van der Waals surface area contributed by atoms with E-state index in [9.17, 15) is 14.4 Å². The molecule has 1 aliphatic carbocycles. The molecule has 174 valence electrons. The van der Waals surface area contributed by atoms with Gasteiger partial charge in [0, 0.05) is 15.8 Å². The summed E-state index contributed by atoms with van der Waals surface area (Å²) in [6.45, 7) is 0.0528. The van der Waals surface area contributed by atoms with E-state index in [0.717, 1.165) is 35.4 Å².